The molecule has 1 saturated heterocycles. The summed E-state index contributed by atoms with van der Waals surface area (Å²) >= 11 is 0. The van der Waals surface area contributed by atoms with Crippen molar-refractivity contribution in [2.45, 2.75) is 38.8 Å². The molecule has 2 aliphatic rings. The fourth-order valence-corrected chi connectivity index (χ4v) is 3.60. The van der Waals surface area contributed by atoms with Crippen LogP contribution in [-0.2, 0) is 6.54 Å². The quantitative estimate of drug-likeness (QED) is 0.372. The highest BCUT2D eigenvalue weighted by Gasteiger charge is 2.29. The van der Waals surface area contributed by atoms with Crippen LogP contribution in [-0.4, -0.2) is 71.1 Å². The van der Waals surface area contributed by atoms with Gasteiger partial charge in [-0.15, -0.1) is 0 Å². The lowest BCUT2D eigenvalue weighted by Crippen LogP contribution is -2.43. The van der Waals surface area contributed by atoms with Crippen LogP contribution < -0.4 is 5.32 Å². The van der Waals surface area contributed by atoms with Gasteiger partial charge in [0.25, 0.3) is 0 Å². The van der Waals surface area contributed by atoms with Gasteiger partial charge in [0.1, 0.15) is 5.82 Å². The second kappa shape index (κ2) is 8.33. The lowest BCUT2D eigenvalue weighted by atomic mass is 10.2. The Hall–Kier alpha value is -1.82. The van der Waals surface area contributed by atoms with Gasteiger partial charge >= 0.3 is 0 Å². The zero-order valence-corrected chi connectivity index (χ0v) is 15.0. The Morgan fingerprint density at radius 1 is 1.33 bits per heavy atom. The molecule has 1 fully saturated rings. The van der Waals surface area contributed by atoms with E-state index in [1.807, 2.05) is 13.2 Å². The molecule has 6 nitrogen and oxygen atoms in total. The van der Waals surface area contributed by atoms with Crippen LogP contribution in [0.15, 0.2) is 29.5 Å². The summed E-state index contributed by atoms with van der Waals surface area (Å²) in [5, 5.41) is 3.53. The molecule has 0 bridgehead atoms. The van der Waals surface area contributed by atoms with Crippen LogP contribution >= 0.6 is 0 Å². The SMILES string of the molecule is CN=C(NCCCCn1ccnc1C)N1CCC(N2CC=CC2)C1. The fraction of sp³-hybridized carbons (Fsp3) is 0.667. The number of nitrogens with one attached hydrogen (secondary N) is 1. The van der Waals surface area contributed by atoms with Gasteiger partial charge in [-0.05, 0) is 26.2 Å². The minimum absolute atomic E-state index is 0.669. The highest BCUT2D eigenvalue weighted by molar-refractivity contribution is 5.80. The number of aliphatic imine (C=N–C) groups is 1. The summed E-state index contributed by atoms with van der Waals surface area (Å²) in [5.41, 5.74) is 0. The molecular weight excluding hydrogens is 300 g/mol. The van der Waals surface area contributed by atoms with Gasteiger partial charge in [-0.25, -0.2) is 4.98 Å². The van der Waals surface area contributed by atoms with Gasteiger partial charge in [0, 0.05) is 64.8 Å². The van der Waals surface area contributed by atoms with E-state index in [4.69, 9.17) is 0 Å². The van der Waals surface area contributed by atoms with Gasteiger partial charge in [0.15, 0.2) is 5.96 Å². The van der Waals surface area contributed by atoms with Gasteiger partial charge in [-0.3, -0.25) is 9.89 Å². The number of unbranched alkanes of at least 4 members (excludes halogenated alkanes) is 1. The Bertz CT molecular complexity index is 568. The molecule has 3 rings (SSSR count). The van der Waals surface area contributed by atoms with Crippen LogP contribution in [0.25, 0.3) is 0 Å². The van der Waals surface area contributed by atoms with E-state index in [9.17, 15) is 0 Å². The van der Waals surface area contributed by atoms with E-state index in [2.05, 4.69) is 54.9 Å². The molecule has 132 valence electrons. The first-order chi connectivity index (χ1) is 11.8. The van der Waals surface area contributed by atoms with Crippen LogP contribution in [0.3, 0.4) is 0 Å². The standard InChI is InChI=1S/C18H30N6/c1-16-20-9-14-22(16)10-4-3-8-21-18(19-2)24-13-7-17(15-24)23-11-5-6-12-23/h5-6,9,14,17H,3-4,7-8,10-13,15H2,1-2H3,(H,19,21). The zero-order valence-electron chi connectivity index (χ0n) is 15.0. The predicted octanol–water partition coefficient (Wildman–Crippen LogP) is 1.49. The van der Waals surface area contributed by atoms with Crippen molar-refractivity contribution in [3.8, 4) is 0 Å². The first kappa shape index (κ1) is 17.0. The molecule has 1 aromatic heterocycles. The van der Waals surface area contributed by atoms with Gasteiger partial charge in [0.05, 0.1) is 0 Å². The van der Waals surface area contributed by atoms with Crippen LogP contribution in [0.5, 0.6) is 0 Å². The Morgan fingerprint density at radius 2 is 2.17 bits per heavy atom. The van der Waals surface area contributed by atoms with Crippen molar-refractivity contribution in [3.63, 3.8) is 0 Å². The molecule has 1 atom stereocenters. The lowest BCUT2D eigenvalue weighted by Gasteiger charge is -2.25. The highest BCUT2D eigenvalue weighted by atomic mass is 15.3. The van der Waals surface area contributed by atoms with Crippen LogP contribution in [0.1, 0.15) is 25.1 Å². The molecule has 1 aromatic rings. The summed E-state index contributed by atoms with van der Waals surface area (Å²) in [6.07, 6.45) is 12.0. The molecule has 3 heterocycles. The second-order valence-corrected chi connectivity index (χ2v) is 6.66. The number of hydrogen-bond donors (Lipinski definition) is 1. The monoisotopic (exact) mass is 330 g/mol. The summed E-state index contributed by atoms with van der Waals surface area (Å²) in [4.78, 5) is 13.7. The van der Waals surface area contributed by atoms with Gasteiger partial charge < -0.3 is 14.8 Å². The molecule has 6 heteroatoms. The maximum Gasteiger partial charge on any atom is 0.193 e. The molecule has 0 amide bonds. The number of likely N-dealkylation sites (tertiary alicyclic amines) is 1. The van der Waals surface area contributed by atoms with E-state index in [-0.39, 0.29) is 0 Å². The van der Waals surface area contributed by atoms with E-state index >= 15 is 0 Å². The molecule has 0 radical (unpaired) electrons. The molecule has 0 aromatic carbocycles. The van der Waals surface area contributed by atoms with E-state index < -0.39 is 0 Å². The summed E-state index contributed by atoms with van der Waals surface area (Å²) < 4.78 is 2.21. The highest BCUT2D eigenvalue weighted by Crippen LogP contribution is 2.17. The van der Waals surface area contributed by atoms with E-state index in [0.717, 1.165) is 63.9 Å². The van der Waals surface area contributed by atoms with E-state index in [1.54, 1.807) is 0 Å². The number of rotatable bonds is 6. The van der Waals surface area contributed by atoms with Crippen LogP contribution in [0, 0.1) is 6.92 Å². The number of aromatic nitrogens is 2. The molecular formula is C18H30N6. The maximum atomic E-state index is 4.47. The number of imidazole rings is 1. The smallest absolute Gasteiger partial charge is 0.193 e. The summed E-state index contributed by atoms with van der Waals surface area (Å²) in [7, 11) is 1.89. The number of hydrogen-bond acceptors (Lipinski definition) is 3. The molecule has 1 N–H and O–H groups in total. The zero-order chi connectivity index (χ0) is 16.8. The Morgan fingerprint density at radius 3 is 2.88 bits per heavy atom. The van der Waals surface area contributed by atoms with Crippen LogP contribution in [0.4, 0.5) is 0 Å². The lowest BCUT2D eigenvalue weighted by molar-refractivity contribution is 0.259. The molecule has 0 aliphatic carbocycles. The van der Waals surface area contributed by atoms with E-state index in [0.29, 0.717) is 6.04 Å². The van der Waals surface area contributed by atoms with Crippen molar-refractivity contribution in [1.82, 2.24) is 24.7 Å². The average Bonchev–Trinajstić information content (AvgIpc) is 3.32. The molecule has 0 spiro atoms. The minimum Gasteiger partial charge on any atom is -0.356 e. The maximum absolute atomic E-state index is 4.47. The molecule has 0 saturated carbocycles. The average molecular weight is 330 g/mol. The Labute approximate surface area is 145 Å². The number of nitrogens with zero attached hydrogens (tertiary/aromatic N) is 5. The van der Waals surface area contributed by atoms with Crippen molar-refractivity contribution in [3.05, 3.63) is 30.4 Å². The number of aryl methyl sites for hydroxylation is 2. The third kappa shape index (κ3) is 4.17. The summed E-state index contributed by atoms with van der Waals surface area (Å²) in [6.45, 7) is 8.49. The van der Waals surface area contributed by atoms with Gasteiger partial charge in [-0.1, -0.05) is 12.2 Å². The van der Waals surface area contributed by atoms with Crippen LogP contribution in [0.2, 0.25) is 0 Å². The normalized spacial score (nSPS) is 21.8. The fourth-order valence-electron chi connectivity index (χ4n) is 3.60. The Balaban J connectivity index is 1.35. The topological polar surface area (TPSA) is 48.7 Å². The summed E-state index contributed by atoms with van der Waals surface area (Å²) in [6, 6.07) is 0.669. The predicted molar refractivity (Wildman–Crippen MR) is 98.3 cm³/mol. The largest absolute Gasteiger partial charge is 0.356 e. The van der Waals surface area contributed by atoms with Gasteiger partial charge in [-0.2, -0.15) is 0 Å². The molecule has 2 aliphatic heterocycles. The number of guanidine groups is 1. The van der Waals surface area contributed by atoms with Crippen molar-refractivity contribution < 1.29 is 0 Å². The summed E-state index contributed by atoms with van der Waals surface area (Å²) in [5.74, 6) is 2.15. The molecule has 24 heavy (non-hydrogen) atoms. The van der Waals surface area contributed by atoms with Crippen molar-refractivity contribution in [1.29, 1.82) is 0 Å². The Kier molecular flexibility index (Phi) is 5.91. The van der Waals surface area contributed by atoms with Crippen molar-refractivity contribution >= 4 is 5.96 Å². The van der Waals surface area contributed by atoms with E-state index in [1.165, 1.54) is 6.42 Å². The third-order valence-electron chi connectivity index (χ3n) is 5.07. The van der Waals surface area contributed by atoms with Crippen molar-refractivity contribution in [2.24, 2.45) is 4.99 Å². The first-order valence-corrected chi connectivity index (χ1v) is 9.10. The molecule has 1 unspecified atom stereocenters. The van der Waals surface area contributed by atoms with Crippen molar-refractivity contribution in [2.75, 3.05) is 39.8 Å². The van der Waals surface area contributed by atoms with Gasteiger partial charge in [0.2, 0.25) is 0 Å². The third-order valence-corrected chi connectivity index (χ3v) is 5.07. The first-order valence-electron chi connectivity index (χ1n) is 9.10. The second-order valence-electron chi connectivity index (χ2n) is 6.66. The minimum atomic E-state index is 0.669.